The number of rotatable bonds is 2. The van der Waals surface area contributed by atoms with Crippen molar-refractivity contribution in [1.29, 1.82) is 0 Å². The first kappa shape index (κ1) is 29.5. The number of aromatic nitrogens is 2. The SMILES string of the molecule is c1ccc2c(c1)-c1ccccc1[Si]21c2ccccc2-c2ccc(-n3c4ccccc4c4ccc5c(c6ccccc6n5-c5ccc6ccccc6c5)c43)cc21. The maximum absolute atomic E-state index is 2.61. The second-order valence-electron chi connectivity index (χ2n) is 15.2. The molecule has 55 heavy (non-hydrogen) atoms. The monoisotopic (exact) mass is 712 g/mol. The van der Waals surface area contributed by atoms with Gasteiger partial charge < -0.3 is 9.13 Å². The molecule has 0 unspecified atom stereocenters. The molecule has 0 aliphatic carbocycles. The second-order valence-corrected chi connectivity index (χ2v) is 18.9. The van der Waals surface area contributed by atoms with E-state index >= 15 is 0 Å². The van der Waals surface area contributed by atoms with Crippen molar-refractivity contribution in [3.05, 3.63) is 194 Å². The van der Waals surface area contributed by atoms with Gasteiger partial charge in [-0.25, -0.2) is 0 Å². The zero-order valence-electron chi connectivity index (χ0n) is 29.9. The highest BCUT2D eigenvalue weighted by Crippen LogP contribution is 2.43. The highest BCUT2D eigenvalue weighted by Gasteiger charge is 2.53. The van der Waals surface area contributed by atoms with Crippen LogP contribution in [0.3, 0.4) is 0 Å². The lowest BCUT2D eigenvalue weighted by Gasteiger charge is -2.28. The van der Waals surface area contributed by atoms with Crippen LogP contribution in [0.5, 0.6) is 0 Å². The molecule has 2 nitrogen and oxygen atoms in total. The molecule has 2 aliphatic heterocycles. The Bertz CT molecular complexity index is 3390. The topological polar surface area (TPSA) is 9.86 Å². The van der Waals surface area contributed by atoms with Gasteiger partial charge in [0.15, 0.2) is 8.07 Å². The highest BCUT2D eigenvalue weighted by atomic mass is 28.3. The lowest BCUT2D eigenvalue weighted by molar-refractivity contribution is 1.18. The molecule has 0 atom stereocenters. The van der Waals surface area contributed by atoms with Gasteiger partial charge >= 0.3 is 0 Å². The molecular formula is C52H32N2Si. The molecule has 1 spiro atoms. The van der Waals surface area contributed by atoms with Crippen LogP contribution in [0.25, 0.3) is 88.0 Å². The fourth-order valence-electron chi connectivity index (χ4n) is 10.6. The zero-order valence-corrected chi connectivity index (χ0v) is 30.9. The standard InChI is InChI=1S/C52H32N2Si/c1-2-14-34-31-35(26-25-33(34)13-1)53-45-21-9-4-19-43(45)51-46(53)30-29-42-37-15-3-8-20-44(37)54(52(42)51)36-27-28-41-40-18-7-12-24-49(40)55(50(41)32-36)47-22-10-5-16-38(47)39-17-6-11-23-48(39)55/h1-32H. The molecule has 13 rings (SSSR count). The average Bonchev–Trinajstić information content (AvgIpc) is 3.95. The molecule has 2 aliphatic rings. The van der Waals surface area contributed by atoms with Gasteiger partial charge in [0, 0.05) is 32.9 Å². The van der Waals surface area contributed by atoms with Crippen LogP contribution in [0.1, 0.15) is 0 Å². The summed E-state index contributed by atoms with van der Waals surface area (Å²) < 4.78 is 5.04. The minimum atomic E-state index is -2.61. The second kappa shape index (κ2) is 10.6. The molecule has 254 valence electrons. The summed E-state index contributed by atoms with van der Waals surface area (Å²) in [6.45, 7) is 0. The minimum Gasteiger partial charge on any atom is -0.309 e. The molecule has 3 heteroatoms. The van der Waals surface area contributed by atoms with Gasteiger partial charge in [0.25, 0.3) is 0 Å². The van der Waals surface area contributed by atoms with Gasteiger partial charge in [-0.3, -0.25) is 0 Å². The summed E-state index contributed by atoms with van der Waals surface area (Å²) >= 11 is 0. The Morgan fingerprint density at radius 2 is 0.836 bits per heavy atom. The Morgan fingerprint density at radius 1 is 0.309 bits per heavy atom. The third-order valence-electron chi connectivity index (χ3n) is 12.7. The van der Waals surface area contributed by atoms with Crippen molar-refractivity contribution in [2.24, 2.45) is 0 Å². The summed E-state index contributed by atoms with van der Waals surface area (Å²) in [5, 5.41) is 13.6. The Labute approximate surface area is 318 Å². The van der Waals surface area contributed by atoms with Gasteiger partial charge in [-0.05, 0) is 96.2 Å². The van der Waals surface area contributed by atoms with E-state index in [0.717, 1.165) is 0 Å². The maximum atomic E-state index is 2.58. The van der Waals surface area contributed by atoms with Gasteiger partial charge in [-0.2, -0.15) is 0 Å². The fraction of sp³-hybridized carbons (Fsp3) is 0. The molecule has 4 heterocycles. The first-order chi connectivity index (χ1) is 27.3. The first-order valence-corrected chi connectivity index (χ1v) is 21.2. The maximum Gasteiger partial charge on any atom is 0.182 e. The van der Waals surface area contributed by atoms with Crippen LogP contribution in [-0.2, 0) is 0 Å². The van der Waals surface area contributed by atoms with E-state index in [1.165, 1.54) is 109 Å². The molecule has 0 N–H and O–H groups in total. The van der Waals surface area contributed by atoms with Gasteiger partial charge in [0.2, 0.25) is 0 Å². The molecule has 0 saturated heterocycles. The lowest BCUT2D eigenvalue weighted by atomic mass is 10.1. The smallest absolute Gasteiger partial charge is 0.182 e. The molecule has 0 radical (unpaired) electrons. The molecule has 0 fully saturated rings. The summed E-state index contributed by atoms with van der Waals surface area (Å²) in [4.78, 5) is 0. The predicted octanol–water partition coefficient (Wildman–Crippen LogP) is 10.4. The summed E-state index contributed by atoms with van der Waals surface area (Å²) in [5.74, 6) is 0. The summed E-state index contributed by atoms with van der Waals surface area (Å²) in [6.07, 6.45) is 0. The predicted molar refractivity (Wildman–Crippen MR) is 234 cm³/mol. The molecule has 0 amide bonds. The molecule has 0 bridgehead atoms. The molecule has 2 aromatic heterocycles. The Balaban J connectivity index is 1.16. The molecule has 0 saturated carbocycles. The summed E-state index contributed by atoms with van der Waals surface area (Å²) in [5.41, 5.74) is 12.8. The van der Waals surface area contributed by atoms with Crippen LogP contribution in [-0.4, -0.2) is 17.2 Å². The average molecular weight is 713 g/mol. The van der Waals surface area contributed by atoms with E-state index in [9.17, 15) is 0 Å². The van der Waals surface area contributed by atoms with E-state index in [1.54, 1.807) is 0 Å². The third-order valence-corrected chi connectivity index (χ3v) is 17.7. The van der Waals surface area contributed by atoms with Gasteiger partial charge in [0.05, 0.1) is 22.1 Å². The quantitative estimate of drug-likeness (QED) is 0.158. The van der Waals surface area contributed by atoms with E-state index in [-0.39, 0.29) is 0 Å². The van der Waals surface area contributed by atoms with E-state index in [1.807, 2.05) is 0 Å². The number of para-hydroxylation sites is 2. The van der Waals surface area contributed by atoms with Gasteiger partial charge in [0.1, 0.15) is 0 Å². The number of hydrogen-bond donors (Lipinski definition) is 0. The minimum absolute atomic E-state index is 1.17. The van der Waals surface area contributed by atoms with Crippen molar-refractivity contribution >= 4 is 83.2 Å². The van der Waals surface area contributed by atoms with Crippen LogP contribution >= 0.6 is 0 Å². The van der Waals surface area contributed by atoms with Crippen molar-refractivity contribution in [2.75, 3.05) is 0 Å². The van der Waals surface area contributed by atoms with Crippen LogP contribution in [0.4, 0.5) is 0 Å². The Kier molecular flexibility index (Phi) is 5.68. The Morgan fingerprint density at radius 3 is 1.55 bits per heavy atom. The van der Waals surface area contributed by atoms with Crippen LogP contribution in [0, 0.1) is 0 Å². The van der Waals surface area contributed by atoms with Crippen molar-refractivity contribution < 1.29 is 0 Å². The van der Waals surface area contributed by atoms with E-state index in [2.05, 4.69) is 203 Å². The van der Waals surface area contributed by atoms with Crippen LogP contribution in [0.15, 0.2) is 194 Å². The van der Waals surface area contributed by atoms with E-state index in [0.29, 0.717) is 0 Å². The van der Waals surface area contributed by atoms with Gasteiger partial charge in [-0.15, -0.1) is 0 Å². The third kappa shape index (κ3) is 3.64. The summed E-state index contributed by atoms with van der Waals surface area (Å²) in [7, 11) is -2.61. The van der Waals surface area contributed by atoms with Crippen molar-refractivity contribution in [1.82, 2.24) is 9.13 Å². The van der Waals surface area contributed by atoms with E-state index in [4.69, 9.17) is 0 Å². The molecular weight excluding hydrogens is 681 g/mol. The largest absolute Gasteiger partial charge is 0.309 e. The normalized spacial score (nSPS) is 13.6. The van der Waals surface area contributed by atoms with Crippen LogP contribution < -0.4 is 20.7 Å². The summed E-state index contributed by atoms with van der Waals surface area (Å²) in [6, 6.07) is 73.2. The lowest BCUT2D eigenvalue weighted by Crippen LogP contribution is -2.70. The van der Waals surface area contributed by atoms with Crippen molar-refractivity contribution in [3.8, 4) is 33.6 Å². The van der Waals surface area contributed by atoms with Crippen molar-refractivity contribution in [3.63, 3.8) is 0 Å². The molecule has 11 aromatic rings. The van der Waals surface area contributed by atoms with E-state index < -0.39 is 8.07 Å². The molecule has 9 aromatic carbocycles. The van der Waals surface area contributed by atoms with Gasteiger partial charge in [-0.1, -0.05) is 152 Å². The zero-order chi connectivity index (χ0) is 35.8. The number of fused-ring (bicyclic) bond motifs is 18. The highest BCUT2D eigenvalue weighted by molar-refractivity contribution is 7.24. The van der Waals surface area contributed by atoms with Crippen molar-refractivity contribution in [2.45, 2.75) is 0 Å². The Hall–Kier alpha value is -6.94. The number of benzene rings is 9. The first-order valence-electron chi connectivity index (χ1n) is 19.2. The van der Waals surface area contributed by atoms with Crippen LogP contribution in [0.2, 0.25) is 0 Å². The number of nitrogens with zero attached hydrogens (tertiary/aromatic N) is 2. The fourth-order valence-corrected chi connectivity index (χ4v) is 16.2. The number of hydrogen-bond acceptors (Lipinski definition) is 0.